The molecule has 1 spiro atoms. The maximum absolute atomic E-state index is 12.7. The number of hydrogen-bond donors (Lipinski definition) is 1. The van der Waals surface area contributed by atoms with Gasteiger partial charge >= 0.3 is 6.03 Å². The van der Waals surface area contributed by atoms with Crippen molar-refractivity contribution in [3.8, 4) is 0 Å². The summed E-state index contributed by atoms with van der Waals surface area (Å²) in [4.78, 5) is 26.2. The topological polar surface area (TPSA) is 93.0 Å². The average molecular weight is 344 g/mol. The minimum absolute atomic E-state index is 0.0803. The van der Waals surface area contributed by atoms with Gasteiger partial charge in [0.2, 0.25) is 0 Å². The van der Waals surface area contributed by atoms with E-state index in [0.717, 1.165) is 11.3 Å². The van der Waals surface area contributed by atoms with Gasteiger partial charge in [-0.15, -0.1) is 5.10 Å². The largest absolute Gasteiger partial charge is 0.325 e. The normalized spacial score (nSPS) is 23.2. The predicted octanol–water partition coefficient (Wildman–Crippen LogP) is 0.649. The Morgan fingerprint density at radius 3 is 2.79 bits per heavy atom. The van der Waals surface area contributed by atoms with Crippen LogP contribution in [0.4, 0.5) is 4.79 Å². The number of imide groups is 1. The molecule has 2 fully saturated rings. The third kappa shape index (κ3) is 2.54. The van der Waals surface area contributed by atoms with E-state index in [1.54, 1.807) is 16.4 Å². The van der Waals surface area contributed by atoms with E-state index in [1.807, 2.05) is 30.3 Å². The lowest BCUT2D eigenvalue weighted by atomic mass is 9.99. The van der Waals surface area contributed by atoms with Crippen LogP contribution in [0.2, 0.25) is 0 Å². The summed E-state index contributed by atoms with van der Waals surface area (Å²) in [5.41, 5.74) is 0.311. The second-order valence-corrected chi connectivity index (χ2v) is 7.05. The molecule has 2 saturated heterocycles. The molecule has 0 bridgehead atoms. The highest BCUT2D eigenvalue weighted by Crippen LogP contribution is 2.33. The Balaban J connectivity index is 1.53. The van der Waals surface area contributed by atoms with Crippen LogP contribution < -0.4 is 5.32 Å². The maximum Gasteiger partial charge on any atom is 0.325 e. The van der Waals surface area contributed by atoms with Gasteiger partial charge in [-0.25, -0.2) is 9.48 Å². The highest BCUT2D eigenvalue weighted by Gasteiger charge is 2.53. The standard InChI is InChI=1S/C15H16N6O2S/c22-13-15(6-7-24-10-15)16-14(23)20(13)9-12-17-18-19-21(12)8-11-4-2-1-3-5-11/h1-5H,6-10H2,(H,16,23). The van der Waals surface area contributed by atoms with Crippen LogP contribution in [0.5, 0.6) is 0 Å². The third-order valence-electron chi connectivity index (χ3n) is 4.35. The van der Waals surface area contributed by atoms with Crippen molar-refractivity contribution in [1.82, 2.24) is 30.4 Å². The molecule has 3 amide bonds. The first-order chi connectivity index (χ1) is 11.7. The quantitative estimate of drug-likeness (QED) is 0.819. The first kappa shape index (κ1) is 15.1. The Bertz CT molecular complexity index is 771. The minimum Gasteiger partial charge on any atom is -0.322 e. The summed E-state index contributed by atoms with van der Waals surface area (Å²) in [6.07, 6.45) is 0.674. The van der Waals surface area contributed by atoms with Crippen LogP contribution >= 0.6 is 11.8 Å². The van der Waals surface area contributed by atoms with Gasteiger partial charge in [0, 0.05) is 5.75 Å². The lowest BCUT2D eigenvalue weighted by Gasteiger charge is -2.19. The fraction of sp³-hybridized carbons (Fsp3) is 0.400. The number of benzene rings is 1. The zero-order valence-electron chi connectivity index (χ0n) is 12.9. The average Bonchev–Trinajstić information content (AvgIpc) is 3.28. The molecule has 0 saturated carbocycles. The molecule has 0 aliphatic carbocycles. The van der Waals surface area contributed by atoms with Crippen molar-refractivity contribution in [2.75, 3.05) is 11.5 Å². The highest BCUT2D eigenvalue weighted by atomic mass is 32.2. The number of tetrazole rings is 1. The molecule has 8 nitrogen and oxygen atoms in total. The lowest BCUT2D eigenvalue weighted by Crippen LogP contribution is -2.47. The summed E-state index contributed by atoms with van der Waals surface area (Å²) in [5, 5.41) is 14.5. The predicted molar refractivity (Wildman–Crippen MR) is 87.1 cm³/mol. The van der Waals surface area contributed by atoms with Gasteiger partial charge in [0.05, 0.1) is 13.1 Å². The molecule has 4 rings (SSSR count). The lowest BCUT2D eigenvalue weighted by molar-refractivity contribution is -0.131. The van der Waals surface area contributed by atoms with Crippen molar-refractivity contribution in [2.24, 2.45) is 0 Å². The van der Waals surface area contributed by atoms with Gasteiger partial charge in [-0.1, -0.05) is 30.3 Å². The van der Waals surface area contributed by atoms with Crippen LogP contribution in [-0.2, 0) is 17.9 Å². The number of rotatable bonds is 4. The molecule has 1 aromatic heterocycles. The van der Waals surface area contributed by atoms with Gasteiger partial charge in [0.1, 0.15) is 5.54 Å². The molecule has 1 unspecified atom stereocenters. The molecule has 124 valence electrons. The number of carbonyl (C=O) groups is 2. The zero-order chi connectivity index (χ0) is 16.6. The summed E-state index contributed by atoms with van der Waals surface area (Å²) in [7, 11) is 0. The number of nitrogens with one attached hydrogen (secondary N) is 1. The van der Waals surface area contributed by atoms with E-state index in [4.69, 9.17) is 0 Å². The molecule has 2 aromatic rings. The summed E-state index contributed by atoms with van der Waals surface area (Å²) >= 11 is 1.68. The van der Waals surface area contributed by atoms with E-state index >= 15 is 0 Å². The van der Waals surface area contributed by atoms with Crippen molar-refractivity contribution in [1.29, 1.82) is 0 Å². The molecule has 1 atom stereocenters. The van der Waals surface area contributed by atoms with Gasteiger partial charge in [0.15, 0.2) is 5.82 Å². The number of aromatic nitrogens is 4. The minimum atomic E-state index is -0.737. The van der Waals surface area contributed by atoms with E-state index in [0.29, 0.717) is 24.5 Å². The van der Waals surface area contributed by atoms with Crippen LogP contribution in [0, 0.1) is 0 Å². The van der Waals surface area contributed by atoms with E-state index in [2.05, 4.69) is 20.8 Å². The zero-order valence-corrected chi connectivity index (χ0v) is 13.7. The Labute approximate surface area is 142 Å². The monoisotopic (exact) mass is 344 g/mol. The third-order valence-corrected chi connectivity index (χ3v) is 5.54. The Morgan fingerprint density at radius 2 is 2.04 bits per heavy atom. The van der Waals surface area contributed by atoms with Crippen molar-refractivity contribution < 1.29 is 9.59 Å². The molecule has 2 aliphatic heterocycles. The molecule has 0 radical (unpaired) electrons. The van der Waals surface area contributed by atoms with Crippen molar-refractivity contribution >= 4 is 23.7 Å². The smallest absolute Gasteiger partial charge is 0.322 e. The van der Waals surface area contributed by atoms with Crippen LogP contribution in [-0.4, -0.2) is 54.1 Å². The van der Waals surface area contributed by atoms with Crippen LogP contribution in [0.1, 0.15) is 17.8 Å². The fourth-order valence-electron chi connectivity index (χ4n) is 3.01. The SMILES string of the molecule is O=C1NC2(CCSC2)C(=O)N1Cc1nnnn1Cc1ccccc1. The molecular weight excluding hydrogens is 328 g/mol. The molecule has 2 aliphatic rings. The number of urea groups is 1. The highest BCUT2D eigenvalue weighted by molar-refractivity contribution is 7.99. The first-order valence-corrected chi connectivity index (χ1v) is 8.84. The first-order valence-electron chi connectivity index (χ1n) is 7.69. The Kier molecular flexibility index (Phi) is 3.72. The van der Waals surface area contributed by atoms with Crippen LogP contribution in [0.15, 0.2) is 30.3 Å². The van der Waals surface area contributed by atoms with E-state index in [9.17, 15) is 9.59 Å². The van der Waals surface area contributed by atoms with Crippen LogP contribution in [0.3, 0.4) is 0 Å². The summed E-state index contributed by atoms with van der Waals surface area (Å²) in [5.74, 6) is 1.83. The number of amides is 3. The maximum atomic E-state index is 12.7. The number of nitrogens with zero attached hydrogens (tertiary/aromatic N) is 5. The molecule has 24 heavy (non-hydrogen) atoms. The summed E-state index contributed by atoms with van der Waals surface area (Å²) in [6, 6.07) is 9.41. The molecule has 1 N–H and O–H groups in total. The molecule has 1 aromatic carbocycles. The number of carbonyl (C=O) groups excluding carboxylic acids is 2. The van der Waals surface area contributed by atoms with Gasteiger partial charge in [-0.3, -0.25) is 9.69 Å². The Morgan fingerprint density at radius 1 is 1.21 bits per heavy atom. The van der Waals surface area contributed by atoms with E-state index in [1.165, 1.54) is 4.90 Å². The van der Waals surface area contributed by atoms with Crippen molar-refractivity contribution in [3.05, 3.63) is 41.7 Å². The van der Waals surface area contributed by atoms with E-state index < -0.39 is 5.54 Å². The van der Waals surface area contributed by atoms with Gasteiger partial charge < -0.3 is 5.32 Å². The van der Waals surface area contributed by atoms with Gasteiger partial charge in [0.25, 0.3) is 5.91 Å². The summed E-state index contributed by atoms with van der Waals surface area (Å²) < 4.78 is 1.62. The second kappa shape index (κ2) is 5.90. The number of thioether (sulfide) groups is 1. The Hall–Kier alpha value is -2.42. The second-order valence-electron chi connectivity index (χ2n) is 5.94. The fourth-order valence-corrected chi connectivity index (χ4v) is 4.33. The van der Waals surface area contributed by atoms with Crippen molar-refractivity contribution in [3.63, 3.8) is 0 Å². The van der Waals surface area contributed by atoms with Crippen molar-refractivity contribution in [2.45, 2.75) is 25.0 Å². The molecule has 9 heteroatoms. The van der Waals surface area contributed by atoms with Gasteiger partial charge in [-0.2, -0.15) is 11.8 Å². The number of hydrogen-bond acceptors (Lipinski definition) is 6. The molecular formula is C15H16N6O2S. The van der Waals surface area contributed by atoms with Gasteiger partial charge in [-0.05, 0) is 28.2 Å². The van der Waals surface area contributed by atoms with E-state index in [-0.39, 0.29) is 18.5 Å². The van der Waals surface area contributed by atoms with Crippen LogP contribution in [0.25, 0.3) is 0 Å². The summed E-state index contributed by atoms with van der Waals surface area (Å²) in [6.45, 7) is 0.574. The molecule has 3 heterocycles.